The van der Waals surface area contributed by atoms with Gasteiger partial charge in [0.05, 0.1) is 0 Å². The molecule has 0 bridgehead atoms. The number of nitrogens with zero attached hydrogens (tertiary/aromatic N) is 3. The van der Waals surface area contributed by atoms with Gasteiger partial charge in [0.2, 0.25) is 8.37 Å². The van der Waals surface area contributed by atoms with E-state index >= 15 is 0 Å². The summed E-state index contributed by atoms with van der Waals surface area (Å²) in [7, 11) is -0.585. The molecule has 0 saturated heterocycles. The first-order valence-electron chi connectivity index (χ1n) is 8.90. The molecule has 6 radical (unpaired) electrons. The van der Waals surface area contributed by atoms with Gasteiger partial charge in [-0.25, -0.2) is 0 Å². The quantitative estimate of drug-likeness (QED) is 0.322. The third-order valence-electron chi connectivity index (χ3n) is 5.20. The molecule has 0 aliphatic heterocycles. The van der Waals surface area contributed by atoms with Crippen LogP contribution in [0.25, 0.3) is 0 Å². The van der Waals surface area contributed by atoms with Crippen LogP contribution in [0.1, 0.15) is 34.6 Å². The first-order chi connectivity index (χ1) is 12.5. The standard InChI is InChI=1S/C12H12N3P.C10H15.Ru/c1-2-8-13(7-1)16(14-9-3-4-10-14)15-11-5-6-12-15;1-6-7(2)9(4)10(5)8(6)3;/h1-12H;1-5H3;/q;;+1. The molecule has 1 saturated carbocycles. The monoisotopic (exact) mass is 466 g/mol. The van der Waals surface area contributed by atoms with Crippen molar-refractivity contribution in [3.8, 4) is 0 Å². The predicted molar refractivity (Wildman–Crippen MR) is 111 cm³/mol. The Balaban J connectivity index is 0.000000208. The Morgan fingerprint density at radius 1 is 0.444 bits per heavy atom. The molecule has 0 N–H and O–H groups in total. The molecule has 1 aliphatic carbocycles. The van der Waals surface area contributed by atoms with Crippen LogP contribution in [0.5, 0.6) is 0 Å². The minimum absolute atomic E-state index is 0. The number of rotatable bonds is 3. The summed E-state index contributed by atoms with van der Waals surface area (Å²) in [5.74, 6) is 7.34. The van der Waals surface area contributed by atoms with E-state index in [4.69, 9.17) is 0 Å². The summed E-state index contributed by atoms with van der Waals surface area (Å²) in [6, 6.07) is 12.3. The molecule has 4 rings (SSSR count). The smallest absolute Gasteiger partial charge is 0.299 e. The SMILES string of the molecule is C[C]1[C](C)[C](C)[C](C)[C]1C.[Ru+].c1ccn(P(n2cccc2)n2cccc2)c1. The van der Waals surface area contributed by atoms with Crippen LogP contribution >= 0.6 is 8.37 Å². The number of hydrogen-bond donors (Lipinski definition) is 0. The molecule has 1 fully saturated rings. The summed E-state index contributed by atoms with van der Waals surface area (Å²) in [5.41, 5.74) is 0. The zero-order valence-electron chi connectivity index (χ0n) is 16.6. The van der Waals surface area contributed by atoms with E-state index in [2.05, 4.69) is 121 Å². The summed E-state index contributed by atoms with van der Waals surface area (Å²) in [6.07, 6.45) is 12.6. The predicted octanol–water partition coefficient (Wildman–Crippen LogP) is 6.23. The third kappa shape index (κ3) is 4.84. The maximum absolute atomic E-state index is 2.23. The van der Waals surface area contributed by atoms with E-state index in [1.165, 1.54) is 29.6 Å². The fraction of sp³-hybridized carbons (Fsp3) is 0.227. The van der Waals surface area contributed by atoms with E-state index in [9.17, 15) is 0 Å². The Hall–Kier alpha value is -1.11. The minimum Gasteiger partial charge on any atom is -0.299 e. The molecule has 5 heteroatoms. The zero-order chi connectivity index (χ0) is 18.7. The average molecular weight is 466 g/mol. The molecule has 0 amide bonds. The van der Waals surface area contributed by atoms with Crippen LogP contribution in [-0.4, -0.2) is 13.0 Å². The van der Waals surface area contributed by atoms with Crippen LogP contribution in [0, 0.1) is 29.6 Å². The molecule has 3 aromatic heterocycles. The molecule has 3 heterocycles. The molecule has 0 unspecified atom stereocenters. The largest absolute Gasteiger partial charge is 1.00 e. The van der Waals surface area contributed by atoms with E-state index in [-0.39, 0.29) is 19.5 Å². The van der Waals surface area contributed by atoms with Crippen LogP contribution in [0.2, 0.25) is 0 Å². The second-order valence-corrected chi connectivity index (χ2v) is 8.50. The first kappa shape index (κ1) is 22.2. The van der Waals surface area contributed by atoms with Gasteiger partial charge in [0, 0.05) is 37.2 Å². The van der Waals surface area contributed by atoms with Crippen molar-refractivity contribution >= 4 is 8.37 Å². The molecular formula is C22H27N3PRu+. The van der Waals surface area contributed by atoms with Crippen molar-refractivity contribution < 1.29 is 19.5 Å². The van der Waals surface area contributed by atoms with Crippen molar-refractivity contribution in [1.82, 2.24) is 13.0 Å². The third-order valence-corrected chi connectivity index (χ3v) is 7.24. The molecule has 3 aromatic rings. The van der Waals surface area contributed by atoms with Crippen molar-refractivity contribution in [2.75, 3.05) is 0 Å². The van der Waals surface area contributed by atoms with Crippen LogP contribution in [0.3, 0.4) is 0 Å². The Kier molecular flexibility index (Phi) is 8.13. The van der Waals surface area contributed by atoms with Crippen LogP contribution in [0.4, 0.5) is 0 Å². The van der Waals surface area contributed by atoms with Gasteiger partial charge in [-0.2, -0.15) is 0 Å². The maximum atomic E-state index is 2.23. The van der Waals surface area contributed by atoms with Gasteiger partial charge in [-0.05, 0) is 66.0 Å². The Bertz CT molecular complexity index is 625. The van der Waals surface area contributed by atoms with Crippen molar-refractivity contribution in [3.05, 3.63) is 103 Å². The summed E-state index contributed by atoms with van der Waals surface area (Å²) in [4.78, 5) is 0. The van der Waals surface area contributed by atoms with Crippen LogP contribution in [0.15, 0.2) is 73.6 Å². The second kappa shape index (κ2) is 9.90. The fourth-order valence-electron chi connectivity index (χ4n) is 3.10. The molecule has 1 aliphatic rings. The van der Waals surface area contributed by atoms with Gasteiger partial charge in [0.25, 0.3) is 0 Å². The van der Waals surface area contributed by atoms with Crippen molar-refractivity contribution in [1.29, 1.82) is 0 Å². The zero-order valence-corrected chi connectivity index (χ0v) is 19.2. The number of hydrogen-bond acceptors (Lipinski definition) is 0. The van der Waals surface area contributed by atoms with E-state index in [1.807, 2.05) is 0 Å². The topological polar surface area (TPSA) is 14.8 Å². The van der Waals surface area contributed by atoms with E-state index < -0.39 is 8.37 Å². The van der Waals surface area contributed by atoms with Crippen molar-refractivity contribution in [3.63, 3.8) is 0 Å². The fourth-order valence-corrected chi connectivity index (χ4v) is 4.99. The Labute approximate surface area is 178 Å². The number of aromatic nitrogens is 3. The molecule has 27 heavy (non-hydrogen) atoms. The summed E-state index contributed by atoms with van der Waals surface area (Å²) >= 11 is 0. The van der Waals surface area contributed by atoms with Gasteiger partial charge in [-0.15, -0.1) is 0 Å². The summed E-state index contributed by atoms with van der Waals surface area (Å²) in [6.45, 7) is 11.0. The Morgan fingerprint density at radius 2 is 0.630 bits per heavy atom. The summed E-state index contributed by atoms with van der Waals surface area (Å²) in [5, 5.41) is 0. The van der Waals surface area contributed by atoms with Gasteiger partial charge in [0.15, 0.2) is 0 Å². The molecule has 0 spiro atoms. The minimum atomic E-state index is -0.585. The first-order valence-corrected chi connectivity index (χ1v) is 10.1. The second-order valence-electron chi connectivity index (χ2n) is 6.58. The van der Waals surface area contributed by atoms with E-state index in [0.29, 0.717) is 0 Å². The summed E-state index contributed by atoms with van der Waals surface area (Å²) < 4.78 is 6.69. The van der Waals surface area contributed by atoms with Gasteiger partial charge in [0.1, 0.15) is 0 Å². The normalized spacial score (nSPS) is 17.1. The molecule has 0 atom stereocenters. The molecule has 3 nitrogen and oxygen atoms in total. The van der Waals surface area contributed by atoms with Crippen LogP contribution < -0.4 is 0 Å². The van der Waals surface area contributed by atoms with Gasteiger partial charge in [-0.3, -0.25) is 13.0 Å². The van der Waals surface area contributed by atoms with E-state index in [1.54, 1.807) is 0 Å². The van der Waals surface area contributed by atoms with Gasteiger partial charge in [-0.1, -0.05) is 34.6 Å². The van der Waals surface area contributed by atoms with Gasteiger partial charge < -0.3 is 0 Å². The van der Waals surface area contributed by atoms with Crippen LogP contribution in [-0.2, 0) is 19.5 Å². The van der Waals surface area contributed by atoms with E-state index in [0.717, 1.165) is 0 Å². The van der Waals surface area contributed by atoms with Crippen molar-refractivity contribution in [2.24, 2.45) is 0 Å². The van der Waals surface area contributed by atoms with Gasteiger partial charge >= 0.3 is 19.5 Å². The average Bonchev–Trinajstić information content (AvgIpc) is 3.44. The molecular weight excluding hydrogens is 438 g/mol. The molecule has 0 aromatic carbocycles. The maximum Gasteiger partial charge on any atom is 1.00 e. The Morgan fingerprint density at radius 3 is 0.815 bits per heavy atom. The van der Waals surface area contributed by atoms with Crippen molar-refractivity contribution in [2.45, 2.75) is 34.6 Å². The molecule has 142 valence electrons.